The van der Waals surface area contributed by atoms with Crippen LogP contribution in [-0.4, -0.2) is 18.5 Å². The maximum Gasteiger partial charge on any atom is 0.196 e. The molecule has 0 aliphatic heterocycles. The number of carbonyl (C=O) groups excluding carboxylic acids is 1. The molecule has 1 aromatic heterocycles. The van der Waals surface area contributed by atoms with E-state index in [9.17, 15) is 4.79 Å². The summed E-state index contributed by atoms with van der Waals surface area (Å²) >= 11 is 4.98. The molecule has 17 heavy (non-hydrogen) atoms. The number of ketones is 1. The Kier molecular flexibility index (Phi) is 4.06. The van der Waals surface area contributed by atoms with E-state index in [2.05, 4.69) is 22.9 Å². The third-order valence-electron chi connectivity index (χ3n) is 3.62. The van der Waals surface area contributed by atoms with Gasteiger partial charge in [0, 0.05) is 27.9 Å². The van der Waals surface area contributed by atoms with E-state index in [0.717, 1.165) is 29.3 Å². The molecule has 1 heterocycles. The fourth-order valence-electron chi connectivity index (χ4n) is 2.68. The van der Waals surface area contributed by atoms with Gasteiger partial charge < -0.3 is 4.74 Å². The second-order valence-electron chi connectivity index (χ2n) is 4.86. The van der Waals surface area contributed by atoms with Crippen molar-refractivity contribution in [2.24, 2.45) is 5.92 Å². The van der Waals surface area contributed by atoms with Crippen molar-refractivity contribution < 1.29 is 9.53 Å². The normalized spacial score (nSPS) is 29.2. The lowest BCUT2D eigenvalue weighted by molar-refractivity contribution is -0.0302. The molecule has 0 aromatic carbocycles. The second-order valence-corrected chi connectivity index (χ2v) is 6.46. The second kappa shape index (κ2) is 5.21. The third kappa shape index (κ3) is 2.49. The largest absolute Gasteiger partial charge is 0.370 e. The predicted octanol–water partition coefficient (Wildman–Crippen LogP) is 4.29. The summed E-state index contributed by atoms with van der Waals surface area (Å²) in [7, 11) is 1.66. The molecule has 2 rings (SSSR count). The SMILES string of the molecule is COC1(C(=O)c2cscc2Br)CCCC(C)C1. The Hall–Kier alpha value is -0.190. The molecule has 0 N–H and O–H groups in total. The molecule has 0 saturated heterocycles. The van der Waals surface area contributed by atoms with E-state index in [-0.39, 0.29) is 5.78 Å². The van der Waals surface area contributed by atoms with E-state index < -0.39 is 5.60 Å². The van der Waals surface area contributed by atoms with Gasteiger partial charge in [-0.2, -0.15) is 11.3 Å². The van der Waals surface area contributed by atoms with Crippen LogP contribution >= 0.6 is 27.3 Å². The molecule has 2 atom stereocenters. The Labute approximate surface area is 114 Å². The molecule has 2 unspecified atom stereocenters. The first-order chi connectivity index (χ1) is 8.09. The van der Waals surface area contributed by atoms with Crippen LogP contribution in [-0.2, 0) is 4.74 Å². The van der Waals surface area contributed by atoms with Gasteiger partial charge in [0.2, 0.25) is 0 Å². The fraction of sp³-hybridized carbons (Fsp3) is 0.615. The van der Waals surface area contributed by atoms with Crippen molar-refractivity contribution in [3.63, 3.8) is 0 Å². The molecule has 1 fully saturated rings. The average molecular weight is 317 g/mol. The molecule has 1 aliphatic rings. The summed E-state index contributed by atoms with van der Waals surface area (Å²) in [5.74, 6) is 0.699. The first kappa shape index (κ1) is 13.2. The molecule has 94 valence electrons. The van der Waals surface area contributed by atoms with Gasteiger partial charge in [-0.3, -0.25) is 4.79 Å². The lowest BCUT2D eigenvalue weighted by Crippen LogP contribution is -2.44. The Balaban J connectivity index is 2.29. The Morgan fingerprint density at radius 2 is 2.35 bits per heavy atom. The average Bonchev–Trinajstić information content (AvgIpc) is 2.74. The highest BCUT2D eigenvalue weighted by Gasteiger charge is 2.42. The van der Waals surface area contributed by atoms with E-state index in [0.29, 0.717) is 5.92 Å². The third-order valence-corrected chi connectivity index (χ3v) is 5.32. The summed E-state index contributed by atoms with van der Waals surface area (Å²) in [6, 6.07) is 0. The lowest BCUT2D eigenvalue weighted by Gasteiger charge is -2.37. The standard InChI is InChI=1S/C13H17BrO2S/c1-9-4-3-5-13(6-9,16-2)12(15)10-7-17-8-11(10)14/h7-9H,3-6H2,1-2H3. The number of rotatable bonds is 3. The van der Waals surface area contributed by atoms with Gasteiger partial charge in [-0.1, -0.05) is 13.3 Å². The van der Waals surface area contributed by atoms with Crippen LogP contribution in [0.3, 0.4) is 0 Å². The zero-order valence-electron chi connectivity index (χ0n) is 10.2. The minimum atomic E-state index is -0.596. The van der Waals surface area contributed by atoms with Gasteiger partial charge in [-0.15, -0.1) is 0 Å². The van der Waals surface area contributed by atoms with E-state index >= 15 is 0 Å². The Morgan fingerprint density at radius 3 is 2.88 bits per heavy atom. The minimum absolute atomic E-state index is 0.139. The van der Waals surface area contributed by atoms with Gasteiger partial charge in [0.05, 0.1) is 0 Å². The van der Waals surface area contributed by atoms with Crippen molar-refractivity contribution in [2.45, 2.75) is 38.2 Å². The molecule has 0 bridgehead atoms. The van der Waals surface area contributed by atoms with Crippen molar-refractivity contribution >= 4 is 33.0 Å². The molecule has 0 spiro atoms. The van der Waals surface area contributed by atoms with Crippen molar-refractivity contribution in [1.82, 2.24) is 0 Å². The molecule has 0 amide bonds. The fourth-order valence-corrected chi connectivity index (χ4v) is 4.13. The smallest absolute Gasteiger partial charge is 0.196 e. The molecule has 2 nitrogen and oxygen atoms in total. The van der Waals surface area contributed by atoms with Crippen molar-refractivity contribution in [3.05, 3.63) is 20.8 Å². The summed E-state index contributed by atoms with van der Waals surface area (Å²) < 4.78 is 6.51. The van der Waals surface area contributed by atoms with Crippen LogP contribution in [0.2, 0.25) is 0 Å². The topological polar surface area (TPSA) is 26.3 Å². The van der Waals surface area contributed by atoms with Crippen LogP contribution in [0.5, 0.6) is 0 Å². The summed E-state index contributed by atoms with van der Waals surface area (Å²) in [4.78, 5) is 12.6. The first-order valence-corrected chi connectivity index (χ1v) is 7.64. The number of methoxy groups -OCH3 is 1. The van der Waals surface area contributed by atoms with Gasteiger partial charge in [0.1, 0.15) is 5.60 Å². The van der Waals surface area contributed by atoms with Gasteiger partial charge >= 0.3 is 0 Å². The van der Waals surface area contributed by atoms with E-state index in [1.165, 1.54) is 6.42 Å². The zero-order chi connectivity index (χ0) is 12.5. The quantitative estimate of drug-likeness (QED) is 0.778. The van der Waals surface area contributed by atoms with Crippen LogP contribution in [0.15, 0.2) is 15.2 Å². The number of Topliss-reactive ketones (excluding diaryl/α,β-unsaturated/α-hetero) is 1. The number of hydrogen-bond donors (Lipinski definition) is 0. The number of halogens is 1. The monoisotopic (exact) mass is 316 g/mol. The molecule has 0 radical (unpaired) electrons. The van der Waals surface area contributed by atoms with Crippen LogP contribution in [0, 0.1) is 5.92 Å². The molecule has 1 aliphatic carbocycles. The van der Waals surface area contributed by atoms with Gasteiger partial charge in [-0.25, -0.2) is 0 Å². The maximum atomic E-state index is 12.6. The van der Waals surface area contributed by atoms with Crippen LogP contribution in [0.25, 0.3) is 0 Å². The molecule has 1 aromatic rings. The number of hydrogen-bond acceptors (Lipinski definition) is 3. The lowest BCUT2D eigenvalue weighted by atomic mass is 9.75. The highest BCUT2D eigenvalue weighted by molar-refractivity contribution is 9.10. The van der Waals surface area contributed by atoms with Crippen LogP contribution in [0.4, 0.5) is 0 Å². The maximum absolute atomic E-state index is 12.6. The van der Waals surface area contributed by atoms with Crippen molar-refractivity contribution in [3.8, 4) is 0 Å². The first-order valence-electron chi connectivity index (χ1n) is 5.91. The number of thiophene rings is 1. The summed E-state index contributed by atoms with van der Waals surface area (Å²) in [6.07, 6.45) is 3.95. The molecule has 4 heteroatoms. The highest BCUT2D eigenvalue weighted by Crippen LogP contribution is 2.39. The van der Waals surface area contributed by atoms with Crippen molar-refractivity contribution in [1.29, 1.82) is 0 Å². The zero-order valence-corrected chi connectivity index (χ0v) is 12.6. The van der Waals surface area contributed by atoms with Gasteiger partial charge in [0.15, 0.2) is 5.78 Å². The number of ether oxygens (including phenoxy) is 1. The van der Waals surface area contributed by atoms with Crippen LogP contribution in [0.1, 0.15) is 43.0 Å². The van der Waals surface area contributed by atoms with Crippen molar-refractivity contribution in [2.75, 3.05) is 7.11 Å². The van der Waals surface area contributed by atoms with Crippen LogP contribution < -0.4 is 0 Å². The van der Waals surface area contributed by atoms with E-state index in [1.807, 2.05) is 10.8 Å². The van der Waals surface area contributed by atoms with Gasteiger partial charge in [0.25, 0.3) is 0 Å². The molecular weight excluding hydrogens is 300 g/mol. The summed E-state index contributed by atoms with van der Waals surface area (Å²) in [5.41, 5.74) is 0.173. The summed E-state index contributed by atoms with van der Waals surface area (Å²) in [5, 5.41) is 3.86. The van der Waals surface area contributed by atoms with E-state index in [4.69, 9.17) is 4.74 Å². The summed E-state index contributed by atoms with van der Waals surface area (Å²) in [6.45, 7) is 2.20. The number of carbonyl (C=O) groups is 1. The predicted molar refractivity (Wildman–Crippen MR) is 73.7 cm³/mol. The molecule has 1 saturated carbocycles. The van der Waals surface area contributed by atoms with Gasteiger partial charge in [-0.05, 0) is 41.1 Å². The van der Waals surface area contributed by atoms with E-state index in [1.54, 1.807) is 18.4 Å². The minimum Gasteiger partial charge on any atom is -0.370 e. The Morgan fingerprint density at radius 1 is 1.59 bits per heavy atom. The Bertz CT molecular complexity index is 415. The highest BCUT2D eigenvalue weighted by atomic mass is 79.9. The molecular formula is C13H17BrO2S.